The Balaban J connectivity index is 1.74. The summed E-state index contributed by atoms with van der Waals surface area (Å²) in [6.45, 7) is 4.08. The van der Waals surface area contributed by atoms with Crippen LogP contribution in [0.1, 0.15) is 65.2 Å². The van der Waals surface area contributed by atoms with E-state index in [1.807, 2.05) is 6.92 Å². The summed E-state index contributed by atoms with van der Waals surface area (Å²) in [7, 11) is 0. The molecule has 1 heterocycles. The van der Waals surface area contributed by atoms with Crippen LogP contribution in [0.2, 0.25) is 0 Å². The van der Waals surface area contributed by atoms with E-state index in [2.05, 4.69) is 11.8 Å². The molecule has 0 aromatic carbocycles. The smallest absolute Gasteiger partial charge is 0.220 e. The van der Waals surface area contributed by atoms with E-state index in [0.29, 0.717) is 17.5 Å². The first-order valence-electron chi connectivity index (χ1n) is 8.45. The molecule has 5 fully saturated rings. The Morgan fingerprint density at radius 3 is 2.16 bits per heavy atom. The van der Waals surface area contributed by atoms with Gasteiger partial charge in [0.05, 0.1) is 0 Å². The number of amides is 1. The minimum Gasteiger partial charge on any atom is -0.334 e. The molecule has 4 aliphatic carbocycles. The van der Waals surface area contributed by atoms with Gasteiger partial charge in [0.15, 0.2) is 0 Å². The van der Waals surface area contributed by atoms with E-state index in [1.165, 1.54) is 44.9 Å². The van der Waals surface area contributed by atoms with Crippen LogP contribution in [0.4, 0.5) is 0 Å². The normalized spacial score (nSPS) is 51.3. The summed E-state index contributed by atoms with van der Waals surface area (Å²) < 4.78 is 0. The number of hydrogen-bond donors (Lipinski definition) is 0. The summed E-state index contributed by atoms with van der Waals surface area (Å²) in [4.78, 5) is 14.7. The zero-order chi connectivity index (χ0) is 13.2. The maximum atomic E-state index is 12.3. The first-order valence-corrected chi connectivity index (χ1v) is 8.45. The van der Waals surface area contributed by atoms with Gasteiger partial charge in [0.25, 0.3) is 0 Å². The van der Waals surface area contributed by atoms with Gasteiger partial charge in [0.1, 0.15) is 0 Å². The molecule has 106 valence electrons. The monoisotopic (exact) mass is 261 g/mol. The zero-order valence-corrected chi connectivity index (χ0v) is 12.4. The maximum Gasteiger partial charge on any atom is 0.220 e. The van der Waals surface area contributed by atoms with E-state index >= 15 is 0 Å². The fraction of sp³-hybridized carbons (Fsp3) is 0.941. The summed E-state index contributed by atoms with van der Waals surface area (Å²) in [6.07, 6.45) is 10.9. The molecule has 0 N–H and O–H groups in total. The quantitative estimate of drug-likeness (QED) is 0.706. The summed E-state index contributed by atoms with van der Waals surface area (Å²) in [5.41, 5.74) is 0.292. The van der Waals surface area contributed by atoms with Crippen LogP contribution in [-0.2, 0) is 4.79 Å². The van der Waals surface area contributed by atoms with Crippen LogP contribution in [-0.4, -0.2) is 22.4 Å². The van der Waals surface area contributed by atoms with Crippen molar-refractivity contribution in [2.75, 3.05) is 0 Å². The molecular weight excluding hydrogens is 234 g/mol. The first-order chi connectivity index (χ1) is 9.15. The average molecular weight is 261 g/mol. The lowest BCUT2D eigenvalue weighted by Gasteiger charge is -2.63. The van der Waals surface area contributed by atoms with E-state index in [4.69, 9.17) is 0 Å². The lowest BCUT2D eigenvalue weighted by molar-refractivity contribution is -0.159. The van der Waals surface area contributed by atoms with E-state index in [9.17, 15) is 4.79 Å². The topological polar surface area (TPSA) is 20.3 Å². The molecule has 0 aromatic rings. The van der Waals surface area contributed by atoms with Crippen molar-refractivity contribution in [2.24, 2.45) is 23.7 Å². The highest BCUT2D eigenvalue weighted by molar-refractivity contribution is 5.75. The minimum atomic E-state index is 0.292. The van der Waals surface area contributed by atoms with Gasteiger partial charge in [-0.1, -0.05) is 6.92 Å². The molecule has 2 nitrogen and oxygen atoms in total. The number of carbonyl (C=O) groups excluding carboxylic acids is 1. The van der Waals surface area contributed by atoms with Gasteiger partial charge in [0, 0.05) is 18.5 Å². The second kappa shape index (κ2) is 3.99. The zero-order valence-electron chi connectivity index (χ0n) is 12.4. The lowest BCUT2D eigenvalue weighted by Crippen LogP contribution is -2.65. The highest BCUT2D eigenvalue weighted by Crippen LogP contribution is 2.63. The third kappa shape index (κ3) is 1.46. The largest absolute Gasteiger partial charge is 0.334 e. The Hall–Kier alpha value is -0.530. The molecule has 2 heteroatoms. The van der Waals surface area contributed by atoms with E-state index in [1.54, 1.807) is 0 Å². The van der Waals surface area contributed by atoms with Gasteiger partial charge in [-0.05, 0) is 75.0 Å². The van der Waals surface area contributed by atoms with Gasteiger partial charge < -0.3 is 4.90 Å². The Kier molecular flexibility index (Phi) is 2.57. The van der Waals surface area contributed by atoms with Crippen LogP contribution in [0.15, 0.2) is 0 Å². The molecule has 4 saturated carbocycles. The molecule has 19 heavy (non-hydrogen) atoms. The molecule has 0 aromatic heterocycles. The van der Waals surface area contributed by atoms with Crippen LogP contribution in [0.3, 0.4) is 0 Å². The highest BCUT2D eigenvalue weighted by Gasteiger charge is 2.63. The SMILES string of the molecule is CCC1CCC2(C3CC4CC(C3)CC2C4)N1C(C)=O. The second-order valence-electron chi connectivity index (χ2n) is 7.79. The van der Waals surface area contributed by atoms with Gasteiger partial charge in [0.2, 0.25) is 5.91 Å². The van der Waals surface area contributed by atoms with Gasteiger partial charge in [-0.2, -0.15) is 0 Å². The minimum absolute atomic E-state index is 0.292. The van der Waals surface area contributed by atoms with Crippen molar-refractivity contribution >= 4 is 5.91 Å². The van der Waals surface area contributed by atoms with E-state index in [0.717, 1.165) is 30.1 Å². The van der Waals surface area contributed by atoms with Crippen molar-refractivity contribution in [1.29, 1.82) is 0 Å². The van der Waals surface area contributed by atoms with Crippen LogP contribution < -0.4 is 0 Å². The predicted molar refractivity (Wildman–Crippen MR) is 75.6 cm³/mol. The van der Waals surface area contributed by atoms with Crippen LogP contribution >= 0.6 is 0 Å². The van der Waals surface area contributed by atoms with Crippen molar-refractivity contribution in [1.82, 2.24) is 4.90 Å². The molecule has 1 unspecified atom stereocenters. The number of carbonyl (C=O) groups is 1. The molecule has 5 aliphatic rings. The number of rotatable bonds is 1. The summed E-state index contributed by atoms with van der Waals surface area (Å²) >= 11 is 0. The molecule has 1 atom stereocenters. The van der Waals surface area contributed by atoms with Gasteiger partial charge >= 0.3 is 0 Å². The molecule has 1 spiro atoms. The Morgan fingerprint density at radius 2 is 1.68 bits per heavy atom. The molecule has 4 bridgehead atoms. The van der Waals surface area contributed by atoms with Crippen molar-refractivity contribution in [3.8, 4) is 0 Å². The third-order valence-corrected chi connectivity index (χ3v) is 7.05. The number of nitrogens with zero attached hydrogens (tertiary/aromatic N) is 1. The highest BCUT2D eigenvalue weighted by atomic mass is 16.2. The Bertz CT molecular complexity index is 374. The van der Waals surface area contributed by atoms with Crippen molar-refractivity contribution in [2.45, 2.75) is 76.8 Å². The van der Waals surface area contributed by atoms with Gasteiger partial charge in [-0.15, -0.1) is 0 Å². The first kappa shape index (κ1) is 12.2. The molecule has 1 aliphatic heterocycles. The Labute approximate surface area is 116 Å². The molecular formula is C17H27NO. The third-order valence-electron chi connectivity index (χ3n) is 7.05. The summed E-state index contributed by atoms with van der Waals surface area (Å²) in [5, 5.41) is 0. The number of likely N-dealkylation sites (tertiary alicyclic amines) is 1. The van der Waals surface area contributed by atoms with Crippen LogP contribution in [0.25, 0.3) is 0 Å². The summed E-state index contributed by atoms with van der Waals surface area (Å²) in [5.74, 6) is 4.04. The van der Waals surface area contributed by atoms with Crippen molar-refractivity contribution < 1.29 is 4.79 Å². The molecule has 1 amide bonds. The molecule has 1 saturated heterocycles. The van der Waals surface area contributed by atoms with Gasteiger partial charge in [-0.25, -0.2) is 0 Å². The second-order valence-corrected chi connectivity index (χ2v) is 7.79. The molecule has 0 radical (unpaired) electrons. The summed E-state index contributed by atoms with van der Waals surface area (Å²) in [6, 6.07) is 0.537. The number of hydrogen-bond acceptors (Lipinski definition) is 1. The average Bonchev–Trinajstić information content (AvgIpc) is 2.75. The fourth-order valence-corrected chi connectivity index (χ4v) is 6.73. The van der Waals surface area contributed by atoms with E-state index < -0.39 is 0 Å². The lowest BCUT2D eigenvalue weighted by atomic mass is 9.48. The maximum absolute atomic E-state index is 12.3. The van der Waals surface area contributed by atoms with Gasteiger partial charge in [-0.3, -0.25) is 4.79 Å². The van der Waals surface area contributed by atoms with E-state index in [-0.39, 0.29) is 0 Å². The van der Waals surface area contributed by atoms with Crippen molar-refractivity contribution in [3.05, 3.63) is 0 Å². The standard InChI is InChI=1S/C17H27NO/c1-3-16-4-5-17(18(16)11(2)19)14-7-12-6-13(9-14)10-15(17)8-12/h12-16H,3-10H2,1-2H3. The fourth-order valence-electron chi connectivity index (χ4n) is 6.73. The van der Waals surface area contributed by atoms with Crippen LogP contribution in [0.5, 0.6) is 0 Å². The Morgan fingerprint density at radius 1 is 1.11 bits per heavy atom. The van der Waals surface area contributed by atoms with Crippen LogP contribution in [0, 0.1) is 23.7 Å². The molecule has 5 rings (SSSR count). The van der Waals surface area contributed by atoms with Crippen molar-refractivity contribution in [3.63, 3.8) is 0 Å². The predicted octanol–water partition coefficient (Wildman–Crippen LogP) is 3.60.